The third-order valence-electron chi connectivity index (χ3n) is 7.38. The van der Waals surface area contributed by atoms with E-state index in [4.69, 9.17) is 19.2 Å². The van der Waals surface area contributed by atoms with E-state index < -0.39 is 17.9 Å². The lowest BCUT2D eigenvalue weighted by Gasteiger charge is -2.30. The smallest absolute Gasteiger partial charge is 0.332 e. The van der Waals surface area contributed by atoms with Crippen molar-refractivity contribution in [1.82, 2.24) is 19.7 Å². The normalized spacial score (nSPS) is 21.3. The number of halogens is 1. The van der Waals surface area contributed by atoms with Gasteiger partial charge in [0.2, 0.25) is 0 Å². The number of fused-ring (bicyclic) bond motifs is 2. The van der Waals surface area contributed by atoms with Crippen LogP contribution in [0, 0.1) is 5.82 Å². The summed E-state index contributed by atoms with van der Waals surface area (Å²) in [6.07, 6.45) is 3.71. The summed E-state index contributed by atoms with van der Waals surface area (Å²) in [6, 6.07) is 6.92. The number of carbonyl (C=O) groups is 1. The number of H-pyrrole nitrogens is 1. The van der Waals surface area contributed by atoms with E-state index in [0.29, 0.717) is 38.3 Å². The zero-order valence-electron chi connectivity index (χ0n) is 19.9. The van der Waals surface area contributed by atoms with Crippen LogP contribution in [0.15, 0.2) is 30.5 Å². The highest BCUT2D eigenvalue weighted by Gasteiger charge is 2.35. The molecule has 5 heterocycles. The van der Waals surface area contributed by atoms with E-state index in [-0.39, 0.29) is 17.6 Å². The number of hydrogen-bond acceptors (Lipinski definition) is 6. The lowest BCUT2D eigenvalue weighted by atomic mass is 9.85. The summed E-state index contributed by atoms with van der Waals surface area (Å²) < 4.78 is 33.3. The van der Waals surface area contributed by atoms with E-state index >= 15 is 0 Å². The van der Waals surface area contributed by atoms with E-state index in [2.05, 4.69) is 14.8 Å². The van der Waals surface area contributed by atoms with Gasteiger partial charge < -0.3 is 23.9 Å². The van der Waals surface area contributed by atoms with Crippen LogP contribution < -0.4 is 4.74 Å². The van der Waals surface area contributed by atoms with E-state index in [1.165, 1.54) is 13.2 Å². The number of methoxy groups -OCH3 is 1. The first-order valence-electron chi connectivity index (χ1n) is 12.2. The van der Waals surface area contributed by atoms with Crippen LogP contribution in [0.2, 0.25) is 0 Å². The molecule has 0 amide bonds. The molecule has 10 heteroatoms. The molecule has 0 saturated carbocycles. The molecule has 4 aromatic rings. The van der Waals surface area contributed by atoms with E-state index in [9.17, 15) is 14.3 Å². The monoisotopic (exact) mass is 494 g/mol. The molecule has 0 aliphatic carbocycles. The third kappa shape index (κ3) is 3.81. The molecule has 2 fully saturated rings. The van der Waals surface area contributed by atoms with Crippen LogP contribution in [-0.4, -0.2) is 63.9 Å². The predicted octanol–water partition coefficient (Wildman–Crippen LogP) is 4.29. The summed E-state index contributed by atoms with van der Waals surface area (Å²) >= 11 is 0. The van der Waals surface area contributed by atoms with Crippen molar-refractivity contribution in [2.75, 3.05) is 26.9 Å². The Morgan fingerprint density at radius 2 is 2.03 bits per heavy atom. The molecule has 0 spiro atoms. The Morgan fingerprint density at radius 1 is 1.19 bits per heavy atom. The highest BCUT2D eigenvalue weighted by atomic mass is 19.1. The maximum absolute atomic E-state index is 14.4. The number of carboxylic acid groups (broad SMARTS) is 1. The summed E-state index contributed by atoms with van der Waals surface area (Å²) in [4.78, 5) is 16.5. The van der Waals surface area contributed by atoms with Crippen LogP contribution in [0.5, 0.6) is 5.75 Å². The number of rotatable bonds is 5. The average molecular weight is 495 g/mol. The SMILES string of the molecule is COc1cc(-n2c(C3CCOCC3)c(C3CC[C@@H](C(=O)O)OC3)c3nc4[nH]ncc4cc32)ccc1F. The van der Waals surface area contributed by atoms with Gasteiger partial charge >= 0.3 is 5.97 Å². The first-order chi connectivity index (χ1) is 17.5. The van der Waals surface area contributed by atoms with Crippen molar-refractivity contribution in [1.29, 1.82) is 0 Å². The van der Waals surface area contributed by atoms with Crippen LogP contribution in [0.1, 0.15) is 48.8 Å². The van der Waals surface area contributed by atoms with Gasteiger partial charge in [-0.3, -0.25) is 5.10 Å². The number of nitrogens with one attached hydrogen (secondary N) is 1. The zero-order valence-corrected chi connectivity index (χ0v) is 19.9. The molecule has 2 saturated heterocycles. The van der Waals surface area contributed by atoms with E-state index in [1.807, 2.05) is 6.07 Å². The van der Waals surface area contributed by atoms with Crippen molar-refractivity contribution >= 4 is 28.0 Å². The maximum atomic E-state index is 14.4. The Labute approximate surface area is 206 Å². The molecule has 2 aliphatic rings. The number of benzene rings is 1. The molecule has 2 N–H and O–H groups in total. The minimum absolute atomic E-state index is 0.0302. The first kappa shape index (κ1) is 22.9. The highest BCUT2D eigenvalue weighted by molar-refractivity contribution is 5.93. The predicted molar refractivity (Wildman–Crippen MR) is 129 cm³/mol. The minimum atomic E-state index is -0.934. The van der Waals surface area contributed by atoms with Crippen LogP contribution >= 0.6 is 0 Å². The number of hydrogen-bond donors (Lipinski definition) is 2. The molecule has 188 valence electrons. The second-order valence-corrected chi connectivity index (χ2v) is 9.44. The average Bonchev–Trinajstić information content (AvgIpc) is 3.50. The fraction of sp³-hybridized carbons (Fsp3) is 0.423. The molecule has 1 unspecified atom stereocenters. The number of aliphatic carboxylic acids is 1. The molecule has 0 bridgehead atoms. The van der Waals surface area contributed by atoms with Crippen molar-refractivity contribution in [2.24, 2.45) is 0 Å². The Kier molecular flexibility index (Phi) is 5.85. The topological polar surface area (TPSA) is 111 Å². The van der Waals surface area contributed by atoms with Gasteiger partial charge in [-0.25, -0.2) is 14.2 Å². The lowest BCUT2D eigenvalue weighted by molar-refractivity contribution is -0.153. The molecular formula is C26H27FN4O5. The highest BCUT2D eigenvalue weighted by Crippen LogP contribution is 2.44. The second-order valence-electron chi connectivity index (χ2n) is 9.44. The van der Waals surface area contributed by atoms with Gasteiger partial charge in [-0.15, -0.1) is 0 Å². The molecule has 3 aromatic heterocycles. The summed E-state index contributed by atoms with van der Waals surface area (Å²) in [7, 11) is 1.45. The van der Waals surface area contributed by atoms with Gasteiger partial charge in [0.05, 0.1) is 30.9 Å². The van der Waals surface area contributed by atoms with Crippen LogP contribution in [0.3, 0.4) is 0 Å². The molecule has 36 heavy (non-hydrogen) atoms. The largest absolute Gasteiger partial charge is 0.494 e. The lowest BCUT2D eigenvalue weighted by Crippen LogP contribution is -2.32. The molecular weight excluding hydrogens is 467 g/mol. The van der Waals surface area contributed by atoms with E-state index in [1.54, 1.807) is 18.3 Å². The molecule has 2 atom stereocenters. The van der Waals surface area contributed by atoms with Crippen LogP contribution in [0.25, 0.3) is 27.8 Å². The van der Waals surface area contributed by atoms with Crippen LogP contribution in [0.4, 0.5) is 4.39 Å². The summed E-state index contributed by atoms with van der Waals surface area (Å²) in [6.45, 7) is 1.60. The quantitative estimate of drug-likeness (QED) is 0.426. The maximum Gasteiger partial charge on any atom is 0.332 e. The standard InChI is InChI=1S/C26H27FN4O5/c1-34-21-11-17(3-4-18(21)27)31-19-10-16-12-28-30-25(16)29-23(19)22(24(31)14-6-8-35-9-7-14)15-2-5-20(26(32)33)36-13-15/h3-4,10-12,14-15,20H,2,5-9,13H2,1H3,(H,32,33)(H,28,29,30)/t15?,20-/m0/s1. The Hall–Kier alpha value is -3.50. The number of nitrogens with zero attached hydrogens (tertiary/aromatic N) is 3. The van der Waals surface area contributed by atoms with Gasteiger partial charge in [0.15, 0.2) is 23.3 Å². The number of aromatic nitrogens is 4. The fourth-order valence-electron chi connectivity index (χ4n) is 5.62. The molecule has 9 nitrogen and oxygen atoms in total. The summed E-state index contributed by atoms with van der Waals surface area (Å²) in [5, 5.41) is 17.4. The number of carboxylic acids is 1. The Bertz CT molecular complexity index is 1430. The van der Waals surface area contributed by atoms with Gasteiger partial charge in [0, 0.05) is 53.4 Å². The zero-order chi connectivity index (χ0) is 24.8. The van der Waals surface area contributed by atoms with Gasteiger partial charge in [0.25, 0.3) is 0 Å². The number of ether oxygens (including phenoxy) is 3. The molecule has 2 aliphatic heterocycles. The Balaban J connectivity index is 1.62. The minimum Gasteiger partial charge on any atom is -0.494 e. The third-order valence-corrected chi connectivity index (χ3v) is 7.38. The fourth-order valence-corrected chi connectivity index (χ4v) is 5.62. The Morgan fingerprint density at radius 3 is 2.75 bits per heavy atom. The van der Waals surface area contributed by atoms with Crippen molar-refractivity contribution in [2.45, 2.75) is 43.6 Å². The van der Waals surface area contributed by atoms with Gasteiger partial charge in [0.1, 0.15) is 0 Å². The van der Waals surface area contributed by atoms with Crippen molar-refractivity contribution in [3.8, 4) is 11.4 Å². The van der Waals surface area contributed by atoms with Crippen LogP contribution in [-0.2, 0) is 14.3 Å². The first-order valence-corrected chi connectivity index (χ1v) is 12.2. The van der Waals surface area contributed by atoms with Crippen molar-refractivity contribution in [3.05, 3.63) is 47.5 Å². The van der Waals surface area contributed by atoms with Crippen molar-refractivity contribution < 1.29 is 28.5 Å². The van der Waals surface area contributed by atoms with E-state index in [0.717, 1.165) is 46.2 Å². The van der Waals surface area contributed by atoms with Gasteiger partial charge in [-0.2, -0.15) is 5.10 Å². The number of aromatic amines is 1. The summed E-state index contributed by atoms with van der Waals surface area (Å²) in [5.74, 6) is -1.04. The van der Waals surface area contributed by atoms with Gasteiger partial charge in [-0.05, 0) is 43.9 Å². The molecule has 6 rings (SSSR count). The van der Waals surface area contributed by atoms with Gasteiger partial charge in [-0.1, -0.05) is 0 Å². The molecule has 1 aromatic carbocycles. The second kappa shape index (κ2) is 9.18. The van der Waals surface area contributed by atoms with Crippen molar-refractivity contribution in [3.63, 3.8) is 0 Å². The number of pyridine rings is 1. The summed E-state index contributed by atoms with van der Waals surface area (Å²) in [5.41, 5.74) is 5.30. The molecule has 0 radical (unpaired) electrons.